The van der Waals surface area contributed by atoms with E-state index in [0.29, 0.717) is 19.6 Å². The van der Waals surface area contributed by atoms with Gasteiger partial charge in [0.2, 0.25) is 11.8 Å². The summed E-state index contributed by atoms with van der Waals surface area (Å²) in [5, 5.41) is 0. The molecule has 0 aromatic heterocycles. The first-order chi connectivity index (χ1) is 12.6. The van der Waals surface area contributed by atoms with Crippen molar-refractivity contribution in [1.29, 1.82) is 0 Å². The highest BCUT2D eigenvalue weighted by atomic mass is 16.5. The zero-order chi connectivity index (χ0) is 18.4. The number of piperidine rings is 1. The topological polar surface area (TPSA) is 49.9 Å². The molecule has 0 atom stereocenters. The van der Waals surface area contributed by atoms with Gasteiger partial charge in [-0.05, 0) is 43.6 Å². The summed E-state index contributed by atoms with van der Waals surface area (Å²) >= 11 is 0. The highest BCUT2D eigenvalue weighted by Gasteiger charge is 2.38. The number of hydrogen-bond acceptors (Lipinski definition) is 3. The number of likely N-dealkylation sites (tertiary alicyclic amines) is 2. The van der Waals surface area contributed by atoms with Crippen molar-refractivity contribution in [2.45, 2.75) is 45.6 Å². The number of ether oxygens (including phenoxy) is 1. The lowest BCUT2D eigenvalue weighted by Gasteiger charge is -2.41. The van der Waals surface area contributed by atoms with Crippen molar-refractivity contribution in [3.8, 4) is 0 Å². The van der Waals surface area contributed by atoms with Gasteiger partial charge < -0.3 is 14.5 Å². The molecule has 1 aromatic rings. The van der Waals surface area contributed by atoms with Gasteiger partial charge in [0.1, 0.15) is 6.61 Å². The van der Waals surface area contributed by atoms with Crippen LogP contribution in [-0.2, 0) is 20.9 Å². The number of hydrogen-bond donors (Lipinski definition) is 0. The Hall–Kier alpha value is -1.88. The molecule has 0 aliphatic carbocycles. The van der Waals surface area contributed by atoms with Gasteiger partial charge in [-0.2, -0.15) is 0 Å². The molecule has 2 aliphatic rings. The van der Waals surface area contributed by atoms with Crippen LogP contribution in [0.2, 0.25) is 0 Å². The van der Waals surface area contributed by atoms with Gasteiger partial charge in [-0.15, -0.1) is 0 Å². The van der Waals surface area contributed by atoms with Crippen LogP contribution in [-0.4, -0.2) is 54.5 Å². The molecule has 2 aliphatic heterocycles. The first kappa shape index (κ1) is 18.9. The number of nitrogens with zero attached hydrogens (tertiary/aromatic N) is 2. The average molecular weight is 358 g/mol. The van der Waals surface area contributed by atoms with Crippen molar-refractivity contribution in [3.05, 3.63) is 35.9 Å². The molecule has 1 spiro atoms. The lowest BCUT2D eigenvalue weighted by molar-refractivity contribution is -0.138. The number of carbonyl (C=O) groups excluding carboxylic acids is 2. The van der Waals surface area contributed by atoms with E-state index in [-0.39, 0.29) is 23.8 Å². The van der Waals surface area contributed by atoms with E-state index in [9.17, 15) is 9.59 Å². The fourth-order valence-electron chi connectivity index (χ4n) is 4.13. The molecule has 2 fully saturated rings. The van der Waals surface area contributed by atoms with Crippen LogP contribution >= 0.6 is 0 Å². The van der Waals surface area contributed by atoms with E-state index in [4.69, 9.17) is 4.74 Å². The molecule has 1 aromatic carbocycles. The molecule has 2 heterocycles. The normalized spacial score (nSPS) is 20.3. The zero-order valence-electron chi connectivity index (χ0n) is 15.8. The second-order valence-electron chi connectivity index (χ2n) is 7.57. The Balaban J connectivity index is 1.55. The van der Waals surface area contributed by atoms with Gasteiger partial charge in [0.05, 0.1) is 0 Å². The first-order valence-corrected chi connectivity index (χ1v) is 9.79. The van der Waals surface area contributed by atoms with E-state index in [2.05, 4.69) is 12.1 Å². The molecule has 0 bridgehead atoms. The predicted molar refractivity (Wildman–Crippen MR) is 100 cm³/mol. The summed E-state index contributed by atoms with van der Waals surface area (Å²) in [6, 6.07) is 10.2. The summed E-state index contributed by atoms with van der Waals surface area (Å²) in [5.74, 6) is 0.359. The number of benzene rings is 1. The van der Waals surface area contributed by atoms with Gasteiger partial charge in [0.25, 0.3) is 0 Å². The van der Waals surface area contributed by atoms with E-state index in [1.54, 1.807) is 0 Å². The fourth-order valence-corrected chi connectivity index (χ4v) is 4.13. The van der Waals surface area contributed by atoms with Crippen molar-refractivity contribution in [1.82, 2.24) is 9.80 Å². The van der Waals surface area contributed by atoms with Gasteiger partial charge in [-0.25, -0.2) is 0 Å². The third kappa shape index (κ3) is 4.64. The highest BCUT2D eigenvalue weighted by molar-refractivity contribution is 5.78. The van der Waals surface area contributed by atoms with Crippen molar-refractivity contribution < 1.29 is 14.3 Å². The van der Waals surface area contributed by atoms with Crippen LogP contribution in [0.5, 0.6) is 0 Å². The van der Waals surface area contributed by atoms with Crippen molar-refractivity contribution >= 4 is 11.8 Å². The monoisotopic (exact) mass is 358 g/mol. The lowest BCUT2D eigenvalue weighted by atomic mass is 9.73. The quantitative estimate of drug-likeness (QED) is 0.813. The van der Waals surface area contributed by atoms with Crippen molar-refractivity contribution in [3.63, 3.8) is 0 Å². The molecule has 5 heteroatoms. The molecular weight excluding hydrogens is 328 g/mol. The summed E-state index contributed by atoms with van der Waals surface area (Å²) < 4.78 is 5.25. The second-order valence-corrected chi connectivity index (χ2v) is 7.57. The predicted octanol–water partition coefficient (Wildman–Crippen LogP) is 2.84. The third-order valence-corrected chi connectivity index (χ3v) is 5.96. The number of rotatable bonds is 5. The summed E-state index contributed by atoms with van der Waals surface area (Å²) in [5.41, 5.74) is 1.40. The van der Waals surface area contributed by atoms with Crippen LogP contribution in [0.4, 0.5) is 0 Å². The van der Waals surface area contributed by atoms with Crippen molar-refractivity contribution in [2.24, 2.45) is 5.41 Å². The standard InChI is InChI=1S/C21H30N2O3/c1-2-26-17-20(25)22-13-10-21(11-14-22)9-8-19(24)23(15-12-21)16-18-6-4-3-5-7-18/h3-7H,2,8-17H2,1H3. The maximum atomic E-state index is 12.6. The van der Waals surface area contributed by atoms with E-state index in [1.165, 1.54) is 5.56 Å². The van der Waals surface area contributed by atoms with E-state index in [0.717, 1.165) is 45.3 Å². The Morgan fingerprint density at radius 2 is 1.77 bits per heavy atom. The summed E-state index contributed by atoms with van der Waals surface area (Å²) in [4.78, 5) is 28.7. The molecule has 0 N–H and O–H groups in total. The minimum absolute atomic E-state index is 0.0945. The van der Waals surface area contributed by atoms with Crippen LogP contribution < -0.4 is 0 Å². The molecule has 0 saturated carbocycles. The van der Waals surface area contributed by atoms with E-state index < -0.39 is 0 Å². The Morgan fingerprint density at radius 3 is 2.46 bits per heavy atom. The lowest BCUT2D eigenvalue weighted by Crippen LogP contribution is -2.44. The molecular formula is C21H30N2O3. The Kier molecular flexibility index (Phi) is 6.30. The van der Waals surface area contributed by atoms with Crippen LogP contribution in [0.15, 0.2) is 30.3 Å². The maximum Gasteiger partial charge on any atom is 0.248 e. The van der Waals surface area contributed by atoms with Gasteiger partial charge >= 0.3 is 0 Å². The molecule has 2 saturated heterocycles. The van der Waals surface area contributed by atoms with Gasteiger partial charge in [-0.3, -0.25) is 9.59 Å². The molecule has 5 nitrogen and oxygen atoms in total. The number of carbonyl (C=O) groups is 2. The van der Waals surface area contributed by atoms with Gasteiger partial charge in [-0.1, -0.05) is 30.3 Å². The van der Waals surface area contributed by atoms with Gasteiger partial charge in [0, 0.05) is 39.2 Å². The largest absolute Gasteiger partial charge is 0.372 e. The van der Waals surface area contributed by atoms with E-state index in [1.807, 2.05) is 34.9 Å². The smallest absolute Gasteiger partial charge is 0.248 e. The Morgan fingerprint density at radius 1 is 1.08 bits per heavy atom. The van der Waals surface area contributed by atoms with Crippen LogP contribution in [0.25, 0.3) is 0 Å². The Labute approximate surface area is 156 Å². The molecule has 0 unspecified atom stereocenters. The molecule has 3 rings (SSSR count). The molecule has 2 amide bonds. The maximum absolute atomic E-state index is 12.6. The van der Waals surface area contributed by atoms with Gasteiger partial charge in [0.15, 0.2) is 0 Å². The second kappa shape index (κ2) is 8.67. The highest BCUT2D eigenvalue weighted by Crippen LogP contribution is 2.41. The summed E-state index contributed by atoms with van der Waals surface area (Å²) in [7, 11) is 0. The zero-order valence-corrected chi connectivity index (χ0v) is 15.8. The fraction of sp³-hybridized carbons (Fsp3) is 0.619. The minimum Gasteiger partial charge on any atom is -0.372 e. The Bertz CT molecular complexity index is 609. The van der Waals surface area contributed by atoms with E-state index >= 15 is 0 Å². The molecule has 142 valence electrons. The SMILES string of the molecule is CCOCC(=O)N1CCC2(CCC(=O)N(Cc3ccccc3)CC2)CC1. The number of amides is 2. The molecule has 0 radical (unpaired) electrons. The average Bonchev–Trinajstić information content (AvgIpc) is 2.82. The van der Waals surface area contributed by atoms with Crippen molar-refractivity contribution in [2.75, 3.05) is 32.8 Å². The van der Waals surface area contributed by atoms with Crippen LogP contribution in [0.1, 0.15) is 44.6 Å². The summed E-state index contributed by atoms with van der Waals surface area (Å²) in [6.45, 7) is 5.77. The van der Waals surface area contributed by atoms with Crippen LogP contribution in [0.3, 0.4) is 0 Å². The summed E-state index contributed by atoms with van der Waals surface area (Å²) in [6.07, 6.45) is 4.61. The molecule has 26 heavy (non-hydrogen) atoms. The van der Waals surface area contributed by atoms with Crippen LogP contribution in [0, 0.1) is 5.41 Å². The minimum atomic E-state index is 0.0945. The first-order valence-electron chi connectivity index (χ1n) is 9.79. The third-order valence-electron chi connectivity index (χ3n) is 5.96.